The van der Waals surface area contributed by atoms with Gasteiger partial charge in [-0.3, -0.25) is 4.79 Å². The molecule has 5 heteroatoms. The van der Waals surface area contributed by atoms with Gasteiger partial charge in [0.05, 0.1) is 5.92 Å². The number of hydrogen-bond acceptors (Lipinski definition) is 2. The zero-order valence-corrected chi connectivity index (χ0v) is 9.33. The van der Waals surface area contributed by atoms with Crippen LogP contribution in [0, 0.1) is 17.6 Å². The van der Waals surface area contributed by atoms with E-state index >= 15 is 0 Å². The second-order valence-electron chi connectivity index (χ2n) is 3.91. The molecule has 0 saturated carbocycles. The molecule has 17 heavy (non-hydrogen) atoms. The van der Waals surface area contributed by atoms with Gasteiger partial charge < -0.3 is 10.8 Å². The second-order valence-corrected chi connectivity index (χ2v) is 3.91. The average molecular weight is 243 g/mol. The van der Waals surface area contributed by atoms with E-state index in [4.69, 9.17) is 10.8 Å². The van der Waals surface area contributed by atoms with Crippen LogP contribution >= 0.6 is 0 Å². The number of nitrogens with two attached hydrogens (primary N) is 1. The minimum Gasteiger partial charge on any atom is -0.481 e. The molecule has 0 amide bonds. The van der Waals surface area contributed by atoms with Crippen LogP contribution in [-0.4, -0.2) is 17.6 Å². The highest BCUT2D eigenvalue weighted by Gasteiger charge is 2.19. The molecule has 3 N–H and O–H groups in total. The number of carboxylic acids is 1. The lowest BCUT2D eigenvalue weighted by molar-refractivity contribution is -0.141. The molecule has 0 aliphatic rings. The fourth-order valence-corrected chi connectivity index (χ4v) is 1.64. The number of hydrogen-bond donors (Lipinski definition) is 2. The normalized spacial score (nSPS) is 12.4. The van der Waals surface area contributed by atoms with Gasteiger partial charge in [-0.25, -0.2) is 8.78 Å². The van der Waals surface area contributed by atoms with E-state index in [1.807, 2.05) is 0 Å². The molecule has 0 radical (unpaired) electrons. The van der Waals surface area contributed by atoms with E-state index < -0.39 is 23.5 Å². The van der Waals surface area contributed by atoms with Crippen molar-refractivity contribution in [3.05, 3.63) is 35.4 Å². The second kappa shape index (κ2) is 6.30. The third kappa shape index (κ3) is 4.11. The highest BCUT2D eigenvalue weighted by Crippen LogP contribution is 2.18. The summed E-state index contributed by atoms with van der Waals surface area (Å²) in [6, 6.07) is 3.05. The maximum absolute atomic E-state index is 13.3. The Kier molecular flexibility index (Phi) is 5.03. The lowest BCUT2D eigenvalue weighted by Gasteiger charge is -2.12. The van der Waals surface area contributed by atoms with Gasteiger partial charge in [-0.1, -0.05) is 0 Å². The molecule has 0 aliphatic heterocycles. The Labute approximate surface area is 98.2 Å². The van der Waals surface area contributed by atoms with Crippen LogP contribution in [0.3, 0.4) is 0 Å². The van der Waals surface area contributed by atoms with Crippen LogP contribution in [0.4, 0.5) is 8.78 Å². The maximum Gasteiger partial charge on any atom is 0.306 e. The molecule has 1 aromatic carbocycles. The molecular formula is C12H15F2NO2. The van der Waals surface area contributed by atoms with Gasteiger partial charge in [-0.15, -0.1) is 0 Å². The van der Waals surface area contributed by atoms with E-state index in [0.29, 0.717) is 19.4 Å². The summed E-state index contributed by atoms with van der Waals surface area (Å²) in [6.45, 7) is 0.384. The zero-order chi connectivity index (χ0) is 12.8. The molecule has 0 aliphatic carbocycles. The predicted octanol–water partition coefficient (Wildman–Crippen LogP) is 1.95. The molecule has 3 nitrogen and oxygen atoms in total. The first kappa shape index (κ1) is 13.6. The van der Waals surface area contributed by atoms with Crippen molar-refractivity contribution in [3.63, 3.8) is 0 Å². The largest absolute Gasteiger partial charge is 0.481 e. The zero-order valence-electron chi connectivity index (χ0n) is 9.33. The Hall–Kier alpha value is -1.49. The molecule has 0 saturated heterocycles. The Morgan fingerprint density at radius 1 is 1.41 bits per heavy atom. The molecule has 0 spiro atoms. The number of rotatable bonds is 6. The van der Waals surface area contributed by atoms with E-state index in [0.717, 1.165) is 18.2 Å². The number of benzene rings is 1. The van der Waals surface area contributed by atoms with E-state index in [1.54, 1.807) is 0 Å². The summed E-state index contributed by atoms with van der Waals surface area (Å²) in [5.41, 5.74) is 5.39. The van der Waals surface area contributed by atoms with Gasteiger partial charge in [0.25, 0.3) is 0 Å². The summed E-state index contributed by atoms with van der Waals surface area (Å²) < 4.78 is 26.2. The van der Waals surface area contributed by atoms with Crippen molar-refractivity contribution < 1.29 is 18.7 Å². The van der Waals surface area contributed by atoms with Gasteiger partial charge in [0, 0.05) is 0 Å². The quantitative estimate of drug-likeness (QED) is 0.802. The van der Waals surface area contributed by atoms with Gasteiger partial charge >= 0.3 is 5.97 Å². The molecule has 0 aromatic heterocycles. The highest BCUT2D eigenvalue weighted by atomic mass is 19.1. The number of carboxylic acid groups (broad SMARTS) is 1. The summed E-state index contributed by atoms with van der Waals surface area (Å²) in [4.78, 5) is 10.9. The molecule has 0 fully saturated rings. The monoisotopic (exact) mass is 243 g/mol. The van der Waals surface area contributed by atoms with Crippen molar-refractivity contribution >= 4 is 5.97 Å². The van der Waals surface area contributed by atoms with E-state index in [1.165, 1.54) is 0 Å². The highest BCUT2D eigenvalue weighted by molar-refractivity contribution is 5.70. The third-order valence-electron chi connectivity index (χ3n) is 2.58. The smallest absolute Gasteiger partial charge is 0.306 e. The number of halogens is 2. The van der Waals surface area contributed by atoms with Crippen molar-refractivity contribution in [2.45, 2.75) is 19.3 Å². The predicted molar refractivity (Wildman–Crippen MR) is 59.5 cm³/mol. The number of carbonyl (C=O) groups is 1. The van der Waals surface area contributed by atoms with Crippen LogP contribution in [0.2, 0.25) is 0 Å². The summed E-state index contributed by atoms with van der Waals surface area (Å²) in [7, 11) is 0. The fourth-order valence-electron chi connectivity index (χ4n) is 1.64. The molecule has 1 aromatic rings. The first-order chi connectivity index (χ1) is 8.04. The van der Waals surface area contributed by atoms with Crippen LogP contribution in [0.25, 0.3) is 0 Å². The first-order valence-electron chi connectivity index (χ1n) is 5.41. The van der Waals surface area contributed by atoms with Gasteiger partial charge in [-0.05, 0) is 49.6 Å². The van der Waals surface area contributed by atoms with Gasteiger partial charge in [-0.2, -0.15) is 0 Å². The van der Waals surface area contributed by atoms with Crippen LogP contribution in [-0.2, 0) is 11.2 Å². The minimum absolute atomic E-state index is 0.0150. The molecule has 1 unspecified atom stereocenters. The van der Waals surface area contributed by atoms with Crippen LogP contribution in [0.15, 0.2) is 18.2 Å². The van der Waals surface area contributed by atoms with Crippen LogP contribution in [0.1, 0.15) is 18.4 Å². The van der Waals surface area contributed by atoms with E-state index in [2.05, 4.69) is 0 Å². The maximum atomic E-state index is 13.3. The molecule has 0 bridgehead atoms. The van der Waals surface area contributed by atoms with Gasteiger partial charge in [0.2, 0.25) is 0 Å². The average Bonchev–Trinajstić information content (AvgIpc) is 2.28. The molecular weight excluding hydrogens is 228 g/mol. The SMILES string of the molecule is NCCCC(Cc1cc(F)ccc1F)C(=O)O. The lowest BCUT2D eigenvalue weighted by atomic mass is 9.94. The van der Waals surface area contributed by atoms with Crippen molar-refractivity contribution in [2.24, 2.45) is 11.7 Å². The van der Waals surface area contributed by atoms with Gasteiger partial charge in [0.1, 0.15) is 11.6 Å². The Morgan fingerprint density at radius 3 is 2.71 bits per heavy atom. The minimum atomic E-state index is -1.01. The van der Waals surface area contributed by atoms with Crippen molar-refractivity contribution in [1.82, 2.24) is 0 Å². The summed E-state index contributed by atoms with van der Waals surface area (Å²) >= 11 is 0. The molecule has 0 heterocycles. The van der Waals surface area contributed by atoms with Crippen molar-refractivity contribution in [3.8, 4) is 0 Å². The van der Waals surface area contributed by atoms with Crippen molar-refractivity contribution in [1.29, 1.82) is 0 Å². The van der Waals surface area contributed by atoms with Gasteiger partial charge in [0.15, 0.2) is 0 Å². The Balaban J connectivity index is 2.78. The fraction of sp³-hybridized carbons (Fsp3) is 0.417. The summed E-state index contributed by atoms with van der Waals surface area (Å²) in [5, 5.41) is 8.96. The topological polar surface area (TPSA) is 63.3 Å². The van der Waals surface area contributed by atoms with Crippen molar-refractivity contribution in [2.75, 3.05) is 6.54 Å². The summed E-state index contributed by atoms with van der Waals surface area (Å²) in [5.74, 6) is -2.88. The van der Waals surface area contributed by atoms with Crippen LogP contribution < -0.4 is 5.73 Å². The molecule has 94 valence electrons. The lowest BCUT2D eigenvalue weighted by Crippen LogP contribution is -2.18. The third-order valence-corrected chi connectivity index (χ3v) is 2.58. The standard InChI is InChI=1S/C12H15F2NO2/c13-10-3-4-11(14)9(7-10)6-8(12(16)17)2-1-5-15/h3-4,7-8H,1-2,5-6,15H2,(H,16,17). The van der Waals surface area contributed by atoms with E-state index in [-0.39, 0.29) is 12.0 Å². The molecule has 1 rings (SSSR count). The summed E-state index contributed by atoms with van der Waals surface area (Å²) in [6.07, 6.45) is 0.897. The number of aliphatic carboxylic acids is 1. The van der Waals surface area contributed by atoms with E-state index in [9.17, 15) is 13.6 Å². The Bertz CT molecular complexity index is 396. The van der Waals surface area contributed by atoms with Crippen LogP contribution in [0.5, 0.6) is 0 Å². The Morgan fingerprint density at radius 2 is 2.12 bits per heavy atom. The first-order valence-corrected chi connectivity index (χ1v) is 5.41. The molecule has 1 atom stereocenters.